The van der Waals surface area contributed by atoms with E-state index in [9.17, 15) is 5.11 Å². The molecule has 2 aliphatic heterocycles. The van der Waals surface area contributed by atoms with Crippen molar-refractivity contribution >= 4 is 0 Å². The Kier molecular flexibility index (Phi) is 6.67. The van der Waals surface area contributed by atoms with Gasteiger partial charge in [0.05, 0.1) is 26.4 Å². The average molecular weight is 400 g/mol. The van der Waals surface area contributed by atoms with Gasteiger partial charge in [0.2, 0.25) is 0 Å². The SMILES string of the molecule is OC(COCC1COc2ccccc2O1)C[N+]1(Cc2ccccc2)CCOCC1. The number of aliphatic hydroxyl groups is 1. The molecule has 1 fully saturated rings. The van der Waals surface area contributed by atoms with Crippen molar-refractivity contribution in [2.45, 2.75) is 18.8 Å². The van der Waals surface area contributed by atoms with E-state index < -0.39 is 6.10 Å². The van der Waals surface area contributed by atoms with E-state index in [1.807, 2.05) is 30.3 Å². The molecule has 1 saturated heterocycles. The maximum absolute atomic E-state index is 10.7. The molecule has 0 amide bonds. The first kappa shape index (κ1) is 20.2. The van der Waals surface area contributed by atoms with Gasteiger partial charge in [-0.15, -0.1) is 0 Å². The maximum Gasteiger partial charge on any atom is 0.161 e. The van der Waals surface area contributed by atoms with Gasteiger partial charge in [-0.3, -0.25) is 0 Å². The molecule has 4 rings (SSSR count). The first-order chi connectivity index (χ1) is 14.2. The van der Waals surface area contributed by atoms with Crippen molar-refractivity contribution in [3.05, 3.63) is 60.2 Å². The first-order valence-corrected chi connectivity index (χ1v) is 10.3. The Labute approximate surface area is 172 Å². The van der Waals surface area contributed by atoms with Gasteiger partial charge >= 0.3 is 0 Å². The molecule has 0 bridgehead atoms. The summed E-state index contributed by atoms with van der Waals surface area (Å²) in [5.41, 5.74) is 1.29. The Bertz CT molecular complexity index is 763. The van der Waals surface area contributed by atoms with Gasteiger partial charge in [-0.05, 0) is 12.1 Å². The molecule has 1 N–H and O–H groups in total. The van der Waals surface area contributed by atoms with Crippen molar-refractivity contribution in [1.29, 1.82) is 0 Å². The minimum atomic E-state index is -0.534. The summed E-state index contributed by atoms with van der Waals surface area (Å²) < 4.78 is 23.8. The monoisotopic (exact) mass is 400 g/mol. The lowest BCUT2D eigenvalue weighted by Crippen LogP contribution is -2.58. The van der Waals surface area contributed by atoms with Gasteiger partial charge in [0.1, 0.15) is 38.9 Å². The normalized spacial score (nSPS) is 21.5. The highest BCUT2D eigenvalue weighted by molar-refractivity contribution is 5.40. The topological polar surface area (TPSA) is 57.2 Å². The van der Waals surface area contributed by atoms with Crippen LogP contribution in [-0.2, 0) is 16.0 Å². The van der Waals surface area contributed by atoms with E-state index in [0.717, 1.165) is 48.8 Å². The molecule has 0 radical (unpaired) electrons. The van der Waals surface area contributed by atoms with Gasteiger partial charge in [0.15, 0.2) is 17.6 Å². The summed E-state index contributed by atoms with van der Waals surface area (Å²) in [6.07, 6.45) is -0.693. The molecule has 6 nitrogen and oxygen atoms in total. The van der Waals surface area contributed by atoms with Crippen molar-refractivity contribution in [3.63, 3.8) is 0 Å². The molecule has 0 spiro atoms. The standard InChI is InChI=1S/C23H30NO5/c25-20(16-27-17-21-18-28-22-8-4-5-9-23(22)29-21)15-24(10-12-26-13-11-24)14-19-6-2-1-3-7-19/h1-9,20-21,25H,10-18H2/q+1. The van der Waals surface area contributed by atoms with Crippen LogP contribution in [0.3, 0.4) is 0 Å². The average Bonchev–Trinajstić information content (AvgIpc) is 2.75. The van der Waals surface area contributed by atoms with E-state index in [1.165, 1.54) is 5.56 Å². The zero-order valence-electron chi connectivity index (χ0n) is 16.7. The molecule has 0 aliphatic carbocycles. The fraction of sp³-hybridized carbons (Fsp3) is 0.478. The van der Waals surface area contributed by atoms with Crippen LogP contribution in [0.4, 0.5) is 0 Å². The summed E-state index contributed by atoms with van der Waals surface area (Å²) in [5.74, 6) is 1.51. The smallest absolute Gasteiger partial charge is 0.161 e. The number of fused-ring (bicyclic) bond motifs is 1. The van der Waals surface area contributed by atoms with E-state index in [1.54, 1.807) is 0 Å². The molecular formula is C23H30NO5+. The van der Waals surface area contributed by atoms with E-state index in [2.05, 4.69) is 24.3 Å². The second-order valence-electron chi connectivity index (χ2n) is 7.92. The number of ether oxygens (including phenoxy) is 4. The van der Waals surface area contributed by atoms with E-state index >= 15 is 0 Å². The molecule has 2 heterocycles. The Hall–Kier alpha value is -2.12. The van der Waals surface area contributed by atoms with Crippen LogP contribution in [0.15, 0.2) is 54.6 Å². The fourth-order valence-electron chi connectivity index (χ4n) is 4.09. The summed E-state index contributed by atoms with van der Waals surface area (Å²) in [4.78, 5) is 0. The number of rotatable bonds is 8. The summed E-state index contributed by atoms with van der Waals surface area (Å²) in [7, 11) is 0. The molecule has 29 heavy (non-hydrogen) atoms. The van der Waals surface area contributed by atoms with Crippen molar-refractivity contribution in [3.8, 4) is 11.5 Å². The van der Waals surface area contributed by atoms with Crippen LogP contribution in [0, 0.1) is 0 Å². The predicted octanol–water partition coefficient (Wildman–Crippen LogP) is 2.25. The van der Waals surface area contributed by atoms with Crippen LogP contribution in [0.2, 0.25) is 0 Å². The third-order valence-corrected chi connectivity index (χ3v) is 5.56. The van der Waals surface area contributed by atoms with Crippen LogP contribution in [0.5, 0.6) is 11.5 Å². The van der Waals surface area contributed by atoms with Gasteiger partial charge in [0, 0.05) is 5.56 Å². The van der Waals surface area contributed by atoms with Gasteiger partial charge in [-0.2, -0.15) is 0 Å². The van der Waals surface area contributed by atoms with E-state index in [4.69, 9.17) is 18.9 Å². The third-order valence-electron chi connectivity index (χ3n) is 5.56. The van der Waals surface area contributed by atoms with Crippen molar-refractivity contribution < 1.29 is 28.5 Å². The van der Waals surface area contributed by atoms with Gasteiger partial charge in [-0.25, -0.2) is 0 Å². The number of nitrogens with zero attached hydrogens (tertiary/aromatic N) is 1. The highest BCUT2D eigenvalue weighted by Crippen LogP contribution is 2.30. The highest BCUT2D eigenvalue weighted by Gasteiger charge is 2.33. The molecular weight excluding hydrogens is 370 g/mol. The zero-order chi connectivity index (χ0) is 19.9. The number of hydrogen-bond acceptors (Lipinski definition) is 5. The number of morpholine rings is 1. The van der Waals surface area contributed by atoms with Crippen LogP contribution in [0.25, 0.3) is 0 Å². The van der Waals surface area contributed by atoms with Gasteiger partial charge < -0.3 is 28.5 Å². The summed E-state index contributed by atoms with van der Waals surface area (Å²) in [6.45, 7) is 5.97. The molecule has 0 aromatic heterocycles. The Morgan fingerprint density at radius 3 is 2.52 bits per heavy atom. The largest absolute Gasteiger partial charge is 0.486 e. The predicted molar refractivity (Wildman–Crippen MR) is 109 cm³/mol. The summed E-state index contributed by atoms with van der Waals surface area (Å²) in [6, 6.07) is 18.1. The molecule has 0 saturated carbocycles. The third kappa shape index (κ3) is 5.48. The summed E-state index contributed by atoms with van der Waals surface area (Å²) in [5, 5.41) is 10.7. The van der Waals surface area contributed by atoms with Gasteiger partial charge in [-0.1, -0.05) is 42.5 Å². The maximum atomic E-state index is 10.7. The van der Waals surface area contributed by atoms with Crippen molar-refractivity contribution in [2.75, 3.05) is 52.7 Å². The minimum absolute atomic E-state index is 0.159. The number of para-hydroxylation sites is 2. The highest BCUT2D eigenvalue weighted by atomic mass is 16.6. The van der Waals surface area contributed by atoms with E-state index in [-0.39, 0.29) is 12.7 Å². The molecule has 2 aliphatic rings. The molecule has 6 heteroatoms. The van der Waals surface area contributed by atoms with Crippen molar-refractivity contribution in [2.24, 2.45) is 0 Å². The number of quaternary nitrogens is 1. The fourth-order valence-corrected chi connectivity index (χ4v) is 4.09. The molecule has 2 unspecified atom stereocenters. The Morgan fingerprint density at radius 2 is 1.72 bits per heavy atom. The second-order valence-corrected chi connectivity index (χ2v) is 7.92. The molecule has 156 valence electrons. The Balaban J connectivity index is 1.27. The Morgan fingerprint density at radius 1 is 1.00 bits per heavy atom. The second kappa shape index (κ2) is 9.59. The van der Waals surface area contributed by atoms with E-state index in [0.29, 0.717) is 19.8 Å². The number of hydrogen-bond donors (Lipinski definition) is 1. The first-order valence-electron chi connectivity index (χ1n) is 10.3. The number of benzene rings is 2. The van der Waals surface area contributed by atoms with Gasteiger partial charge in [0.25, 0.3) is 0 Å². The lowest BCUT2D eigenvalue weighted by Gasteiger charge is -2.42. The summed E-state index contributed by atoms with van der Waals surface area (Å²) >= 11 is 0. The van der Waals surface area contributed by atoms with Crippen molar-refractivity contribution in [1.82, 2.24) is 0 Å². The van der Waals surface area contributed by atoms with Crippen LogP contribution >= 0.6 is 0 Å². The van der Waals surface area contributed by atoms with Crippen LogP contribution in [0.1, 0.15) is 5.56 Å². The minimum Gasteiger partial charge on any atom is -0.486 e. The molecule has 2 aromatic carbocycles. The molecule has 2 atom stereocenters. The quantitative estimate of drug-likeness (QED) is 0.689. The van der Waals surface area contributed by atoms with Crippen LogP contribution in [-0.4, -0.2) is 74.5 Å². The van der Waals surface area contributed by atoms with Crippen LogP contribution < -0.4 is 9.47 Å². The zero-order valence-corrected chi connectivity index (χ0v) is 16.7. The lowest BCUT2D eigenvalue weighted by atomic mass is 10.1. The number of aliphatic hydroxyl groups excluding tert-OH is 1. The molecule has 2 aromatic rings. The lowest BCUT2D eigenvalue weighted by molar-refractivity contribution is -0.950.